The molecule has 0 radical (unpaired) electrons. The highest BCUT2D eigenvalue weighted by molar-refractivity contribution is 5.31. The van der Waals surface area contributed by atoms with Gasteiger partial charge in [-0.15, -0.1) is 10.2 Å². The fourth-order valence-electron chi connectivity index (χ4n) is 2.66. The number of hydrogen-bond acceptors (Lipinski definition) is 3. The summed E-state index contributed by atoms with van der Waals surface area (Å²) in [6.07, 6.45) is 7.04. The van der Waals surface area contributed by atoms with Crippen molar-refractivity contribution < 1.29 is 0 Å². The highest BCUT2D eigenvalue weighted by atomic mass is 15.4. The van der Waals surface area contributed by atoms with Gasteiger partial charge < -0.3 is 4.90 Å². The molecular formula is C15H20N4. The smallest absolute Gasteiger partial charge is 0.227 e. The number of benzene rings is 1. The largest absolute Gasteiger partial charge is 0.341 e. The zero-order valence-electron chi connectivity index (χ0n) is 11.2. The minimum absolute atomic E-state index is 0.847. The molecule has 0 unspecified atom stereocenters. The first-order valence-electron chi connectivity index (χ1n) is 7.10. The van der Waals surface area contributed by atoms with Crippen LogP contribution >= 0.6 is 0 Å². The fourth-order valence-corrected chi connectivity index (χ4v) is 2.66. The van der Waals surface area contributed by atoms with Crippen LogP contribution in [0.5, 0.6) is 0 Å². The van der Waals surface area contributed by atoms with Crippen molar-refractivity contribution in [2.45, 2.75) is 32.2 Å². The molecule has 0 N–H and O–H groups in total. The van der Waals surface area contributed by atoms with Gasteiger partial charge in [0.2, 0.25) is 5.95 Å². The first-order chi connectivity index (χ1) is 9.43. The summed E-state index contributed by atoms with van der Waals surface area (Å²) >= 11 is 0. The molecule has 2 heterocycles. The summed E-state index contributed by atoms with van der Waals surface area (Å²) in [5.41, 5.74) is 1.29. The third kappa shape index (κ3) is 2.95. The predicted molar refractivity (Wildman–Crippen MR) is 76.2 cm³/mol. The molecule has 3 rings (SSSR count). The number of aromatic nitrogens is 3. The van der Waals surface area contributed by atoms with E-state index >= 15 is 0 Å². The van der Waals surface area contributed by atoms with Gasteiger partial charge >= 0.3 is 0 Å². The summed E-state index contributed by atoms with van der Waals surface area (Å²) in [4.78, 5) is 2.38. The van der Waals surface area contributed by atoms with E-state index in [0.717, 1.165) is 25.6 Å². The van der Waals surface area contributed by atoms with E-state index in [1.807, 2.05) is 12.4 Å². The predicted octanol–water partition coefficient (Wildman–Crippen LogP) is 2.71. The highest BCUT2D eigenvalue weighted by Gasteiger charge is 2.15. The van der Waals surface area contributed by atoms with Crippen LogP contribution in [0.4, 0.5) is 5.95 Å². The second kappa shape index (κ2) is 5.87. The molecule has 1 aliphatic heterocycles. The molecule has 1 fully saturated rings. The second-order valence-electron chi connectivity index (χ2n) is 5.15. The maximum Gasteiger partial charge on any atom is 0.227 e. The van der Waals surface area contributed by atoms with E-state index in [-0.39, 0.29) is 0 Å². The normalized spacial score (nSPS) is 16.3. The van der Waals surface area contributed by atoms with Crippen LogP contribution in [0.3, 0.4) is 0 Å². The van der Waals surface area contributed by atoms with Gasteiger partial charge in [0.1, 0.15) is 6.33 Å². The van der Waals surface area contributed by atoms with Gasteiger partial charge in [-0.3, -0.25) is 4.57 Å². The minimum Gasteiger partial charge on any atom is -0.341 e. The van der Waals surface area contributed by atoms with Crippen molar-refractivity contribution in [3.8, 4) is 0 Å². The quantitative estimate of drug-likeness (QED) is 0.846. The lowest BCUT2D eigenvalue weighted by Gasteiger charge is -2.21. The van der Waals surface area contributed by atoms with Gasteiger partial charge in [0.15, 0.2) is 0 Å². The van der Waals surface area contributed by atoms with Crippen LogP contribution in [0.1, 0.15) is 31.2 Å². The first-order valence-corrected chi connectivity index (χ1v) is 7.10. The van der Waals surface area contributed by atoms with E-state index < -0.39 is 0 Å². The van der Waals surface area contributed by atoms with E-state index in [2.05, 4.69) is 43.9 Å². The number of anilines is 1. The Morgan fingerprint density at radius 2 is 1.68 bits per heavy atom. The number of rotatable bonds is 3. The van der Waals surface area contributed by atoms with E-state index in [1.54, 1.807) is 0 Å². The van der Waals surface area contributed by atoms with Crippen molar-refractivity contribution in [2.24, 2.45) is 0 Å². The van der Waals surface area contributed by atoms with Gasteiger partial charge in [-0.05, 0) is 18.4 Å². The summed E-state index contributed by atoms with van der Waals surface area (Å²) in [6.45, 7) is 3.06. The molecule has 0 amide bonds. The van der Waals surface area contributed by atoms with Crippen LogP contribution in [-0.2, 0) is 6.54 Å². The zero-order valence-corrected chi connectivity index (χ0v) is 11.2. The van der Waals surface area contributed by atoms with Crippen LogP contribution in [0.2, 0.25) is 0 Å². The Hall–Kier alpha value is -1.84. The number of hydrogen-bond donors (Lipinski definition) is 0. The van der Waals surface area contributed by atoms with E-state index in [1.165, 1.54) is 31.2 Å². The molecule has 19 heavy (non-hydrogen) atoms. The molecule has 0 spiro atoms. The van der Waals surface area contributed by atoms with Crippen molar-refractivity contribution in [3.63, 3.8) is 0 Å². The van der Waals surface area contributed by atoms with Gasteiger partial charge in [0.25, 0.3) is 0 Å². The third-order valence-corrected chi connectivity index (χ3v) is 3.68. The molecule has 1 aromatic heterocycles. The molecule has 4 nitrogen and oxygen atoms in total. The monoisotopic (exact) mass is 256 g/mol. The highest BCUT2D eigenvalue weighted by Crippen LogP contribution is 2.18. The molecule has 100 valence electrons. The van der Waals surface area contributed by atoms with Gasteiger partial charge in [-0.25, -0.2) is 0 Å². The zero-order chi connectivity index (χ0) is 12.9. The lowest BCUT2D eigenvalue weighted by molar-refractivity contribution is 0.706. The first kappa shape index (κ1) is 12.2. The van der Waals surface area contributed by atoms with Crippen molar-refractivity contribution in [2.75, 3.05) is 18.0 Å². The summed E-state index contributed by atoms with van der Waals surface area (Å²) in [5, 5.41) is 8.41. The van der Waals surface area contributed by atoms with Gasteiger partial charge in [0, 0.05) is 13.1 Å². The van der Waals surface area contributed by atoms with E-state index in [9.17, 15) is 0 Å². The second-order valence-corrected chi connectivity index (χ2v) is 5.15. The molecule has 1 saturated heterocycles. The van der Waals surface area contributed by atoms with Crippen molar-refractivity contribution in [3.05, 3.63) is 42.2 Å². The molecule has 2 aromatic rings. The Kier molecular flexibility index (Phi) is 3.77. The number of nitrogens with zero attached hydrogens (tertiary/aromatic N) is 4. The van der Waals surface area contributed by atoms with Gasteiger partial charge in [0.05, 0.1) is 6.54 Å². The van der Waals surface area contributed by atoms with Crippen molar-refractivity contribution in [1.29, 1.82) is 0 Å². The molecule has 0 aliphatic carbocycles. The van der Waals surface area contributed by atoms with Crippen molar-refractivity contribution in [1.82, 2.24) is 14.8 Å². The Morgan fingerprint density at radius 3 is 2.42 bits per heavy atom. The maximum atomic E-state index is 4.32. The van der Waals surface area contributed by atoms with E-state index in [4.69, 9.17) is 0 Å². The van der Waals surface area contributed by atoms with Gasteiger partial charge in [-0.2, -0.15) is 0 Å². The van der Waals surface area contributed by atoms with Gasteiger partial charge in [-0.1, -0.05) is 43.2 Å². The fraction of sp³-hybridized carbons (Fsp3) is 0.467. The Balaban J connectivity index is 1.78. The SMILES string of the molecule is c1ccc(Cn2cnnc2N2CCCCCC2)cc1. The van der Waals surface area contributed by atoms with Crippen LogP contribution in [0.15, 0.2) is 36.7 Å². The van der Waals surface area contributed by atoms with E-state index in [0.29, 0.717) is 0 Å². The Bertz CT molecular complexity index is 498. The van der Waals surface area contributed by atoms with Crippen LogP contribution in [0.25, 0.3) is 0 Å². The average Bonchev–Trinajstić information content (AvgIpc) is 2.74. The van der Waals surface area contributed by atoms with Crippen LogP contribution < -0.4 is 4.90 Å². The summed E-state index contributed by atoms with van der Waals surface area (Å²) < 4.78 is 2.15. The van der Waals surface area contributed by atoms with Crippen molar-refractivity contribution >= 4 is 5.95 Å². The summed E-state index contributed by atoms with van der Waals surface area (Å²) in [5.74, 6) is 1.02. The standard InChI is InChI=1S/C15H20N4/c1-2-7-11-18(10-6-1)15-17-16-13-19(15)12-14-8-4-3-5-9-14/h3-5,8-9,13H,1-2,6-7,10-12H2. The molecule has 4 heteroatoms. The summed E-state index contributed by atoms with van der Waals surface area (Å²) in [7, 11) is 0. The Morgan fingerprint density at radius 1 is 0.947 bits per heavy atom. The molecule has 0 saturated carbocycles. The molecule has 0 atom stereocenters. The maximum absolute atomic E-state index is 4.32. The molecule has 0 bridgehead atoms. The third-order valence-electron chi connectivity index (χ3n) is 3.68. The lowest BCUT2D eigenvalue weighted by atomic mass is 10.2. The minimum atomic E-state index is 0.847. The molecule has 1 aromatic carbocycles. The lowest BCUT2D eigenvalue weighted by Crippen LogP contribution is -2.27. The summed E-state index contributed by atoms with van der Waals surface area (Å²) in [6, 6.07) is 10.5. The topological polar surface area (TPSA) is 34.0 Å². The Labute approximate surface area is 114 Å². The molecular weight excluding hydrogens is 236 g/mol. The average molecular weight is 256 g/mol. The van der Waals surface area contributed by atoms with Crippen LogP contribution in [-0.4, -0.2) is 27.9 Å². The van der Waals surface area contributed by atoms with Crippen LogP contribution in [0, 0.1) is 0 Å². The molecule has 1 aliphatic rings.